The van der Waals surface area contributed by atoms with Crippen molar-refractivity contribution < 1.29 is 9.53 Å². The molecule has 3 heteroatoms. The van der Waals surface area contributed by atoms with E-state index in [1.165, 1.54) is 0 Å². The van der Waals surface area contributed by atoms with E-state index in [0.29, 0.717) is 18.9 Å². The van der Waals surface area contributed by atoms with E-state index in [2.05, 4.69) is 11.9 Å². The van der Waals surface area contributed by atoms with Crippen LogP contribution in [-0.2, 0) is 16.0 Å². The van der Waals surface area contributed by atoms with Gasteiger partial charge in [-0.25, -0.2) is 0 Å². The van der Waals surface area contributed by atoms with Crippen molar-refractivity contribution >= 4 is 5.78 Å². The number of Topliss-reactive ketones (excluding diaryl/α,β-unsaturated/α-hetero) is 1. The molecule has 1 saturated heterocycles. The minimum atomic E-state index is -0.221. The average Bonchev–Trinajstić information content (AvgIpc) is 2.68. The summed E-state index contributed by atoms with van der Waals surface area (Å²) in [5.74, 6) is 0.503. The number of hydrogen-bond donors (Lipinski definition) is 0. The van der Waals surface area contributed by atoms with E-state index >= 15 is 0 Å². The Morgan fingerprint density at radius 1 is 1.62 bits per heavy atom. The van der Waals surface area contributed by atoms with Crippen molar-refractivity contribution in [3.8, 4) is 0 Å². The molecule has 0 aromatic carbocycles. The minimum Gasteiger partial charge on any atom is -0.370 e. The fraction of sp³-hybridized carbons (Fsp3) is 0.538. The highest BCUT2D eigenvalue weighted by atomic mass is 16.5. The summed E-state index contributed by atoms with van der Waals surface area (Å²) < 4.78 is 5.46. The molecule has 1 aliphatic rings. The van der Waals surface area contributed by atoms with Gasteiger partial charge in [0.1, 0.15) is 6.10 Å². The molecule has 0 radical (unpaired) electrons. The molecule has 1 aromatic heterocycles. The second-order valence-corrected chi connectivity index (χ2v) is 4.47. The Kier molecular flexibility index (Phi) is 3.34. The summed E-state index contributed by atoms with van der Waals surface area (Å²) in [6.45, 7) is 4.76. The van der Waals surface area contributed by atoms with Crippen LogP contribution in [0.15, 0.2) is 18.3 Å². The SMILES string of the molecule is Cc1cccnc1CC(=O)C1OCCC1C. The molecule has 1 aromatic rings. The lowest BCUT2D eigenvalue weighted by atomic mass is 9.97. The van der Waals surface area contributed by atoms with Gasteiger partial charge in [-0.3, -0.25) is 9.78 Å². The summed E-state index contributed by atoms with van der Waals surface area (Å²) in [4.78, 5) is 16.3. The van der Waals surface area contributed by atoms with Crippen LogP contribution in [0.1, 0.15) is 24.6 Å². The number of hydrogen-bond acceptors (Lipinski definition) is 3. The van der Waals surface area contributed by atoms with E-state index in [1.54, 1.807) is 6.20 Å². The predicted octanol–water partition coefficient (Wildman–Crippen LogP) is 1.93. The Bertz CT molecular complexity index is 389. The highest BCUT2D eigenvalue weighted by molar-refractivity contribution is 5.85. The zero-order valence-electron chi connectivity index (χ0n) is 9.77. The summed E-state index contributed by atoms with van der Waals surface area (Å²) in [6, 6.07) is 3.87. The van der Waals surface area contributed by atoms with E-state index < -0.39 is 0 Å². The summed E-state index contributed by atoms with van der Waals surface area (Å²) in [6.07, 6.45) is 2.88. The largest absolute Gasteiger partial charge is 0.370 e. The lowest BCUT2D eigenvalue weighted by molar-refractivity contribution is -0.128. The zero-order chi connectivity index (χ0) is 11.5. The van der Waals surface area contributed by atoms with Gasteiger partial charge in [0.15, 0.2) is 5.78 Å². The quantitative estimate of drug-likeness (QED) is 0.779. The molecule has 2 heterocycles. The Labute approximate surface area is 95.8 Å². The molecular weight excluding hydrogens is 202 g/mol. The lowest BCUT2D eigenvalue weighted by Crippen LogP contribution is -2.27. The molecule has 86 valence electrons. The molecule has 0 bridgehead atoms. The fourth-order valence-electron chi connectivity index (χ4n) is 2.08. The number of ketones is 1. The molecule has 2 atom stereocenters. The molecule has 0 spiro atoms. The number of carbonyl (C=O) groups is 1. The second kappa shape index (κ2) is 4.74. The van der Waals surface area contributed by atoms with Crippen LogP contribution < -0.4 is 0 Å². The molecular formula is C13H17NO2. The van der Waals surface area contributed by atoms with Crippen LogP contribution in [0.5, 0.6) is 0 Å². The topological polar surface area (TPSA) is 39.2 Å². The van der Waals surface area contributed by atoms with Gasteiger partial charge in [-0.05, 0) is 30.9 Å². The monoisotopic (exact) mass is 219 g/mol. The number of rotatable bonds is 3. The first-order valence-corrected chi connectivity index (χ1v) is 5.73. The molecule has 2 unspecified atom stereocenters. The molecule has 2 rings (SSSR count). The molecule has 0 aliphatic carbocycles. The van der Waals surface area contributed by atoms with Crippen molar-refractivity contribution in [2.24, 2.45) is 5.92 Å². The lowest BCUT2D eigenvalue weighted by Gasteiger charge is -2.13. The van der Waals surface area contributed by atoms with Crippen molar-refractivity contribution in [1.29, 1.82) is 0 Å². The third kappa shape index (κ3) is 2.30. The first-order chi connectivity index (χ1) is 7.68. The van der Waals surface area contributed by atoms with Crippen molar-refractivity contribution in [1.82, 2.24) is 4.98 Å². The van der Waals surface area contributed by atoms with Crippen LogP contribution in [-0.4, -0.2) is 23.5 Å². The molecule has 3 nitrogen and oxygen atoms in total. The maximum absolute atomic E-state index is 12.0. The molecule has 16 heavy (non-hydrogen) atoms. The molecule has 1 aliphatic heterocycles. The number of aromatic nitrogens is 1. The predicted molar refractivity (Wildman–Crippen MR) is 61.2 cm³/mol. The van der Waals surface area contributed by atoms with Gasteiger partial charge < -0.3 is 4.74 Å². The summed E-state index contributed by atoms with van der Waals surface area (Å²) in [5, 5.41) is 0. The Hall–Kier alpha value is -1.22. The molecule has 0 N–H and O–H groups in total. The van der Waals surface area contributed by atoms with E-state index in [-0.39, 0.29) is 11.9 Å². The van der Waals surface area contributed by atoms with Crippen LogP contribution in [0.4, 0.5) is 0 Å². The standard InChI is InChI=1S/C13H17NO2/c1-9-4-3-6-14-11(9)8-12(15)13-10(2)5-7-16-13/h3-4,6,10,13H,5,7-8H2,1-2H3. The minimum absolute atomic E-state index is 0.159. The summed E-state index contributed by atoms with van der Waals surface area (Å²) in [5.41, 5.74) is 1.94. The fourth-order valence-corrected chi connectivity index (χ4v) is 2.08. The Morgan fingerprint density at radius 2 is 2.44 bits per heavy atom. The van der Waals surface area contributed by atoms with Crippen molar-refractivity contribution in [3.63, 3.8) is 0 Å². The zero-order valence-corrected chi connectivity index (χ0v) is 9.77. The van der Waals surface area contributed by atoms with Gasteiger partial charge in [-0.15, -0.1) is 0 Å². The molecule has 1 fully saturated rings. The highest BCUT2D eigenvalue weighted by Crippen LogP contribution is 2.22. The first kappa shape index (κ1) is 11.3. The van der Waals surface area contributed by atoms with Gasteiger partial charge in [0.25, 0.3) is 0 Å². The van der Waals surface area contributed by atoms with Crippen molar-refractivity contribution in [3.05, 3.63) is 29.6 Å². The van der Waals surface area contributed by atoms with E-state index in [9.17, 15) is 4.79 Å². The second-order valence-electron chi connectivity index (χ2n) is 4.47. The normalized spacial score (nSPS) is 24.6. The van der Waals surface area contributed by atoms with E-state index in [1.807, 2.05) is 19.1 Å². The van der Waals surface area contributed by atoms with Crippen LogP contribution >= 0.6 is 0 Å². The Morgan fingerprint density at radius 3 is 3.06 bits per heavy atom. The van der Waals surface area contributed by atoms with Gasteiger partial charge in [0.05, 0.1) is 12.1 Å². The van der Waals surface area contributed by atoms with Gasteiger partial charge >= 0.3 is 0 Å². The molecule has 0 saturated carbocycles. The average molecular weight is 219 g/mol. The summed E-state index contributed by atoms with van der Waals surface area (Å²) >= 11 is 0. The number of pyridine rings is 1. The molecule has 0 amide bonds. The maximum atomic E-state index is 12.0. The van der Waals surface area contributed by atoms with Gasteiger partial charge in [-0.2, -0.15) is 0 Å². The maximum Gasteiger partial charge on any atom is 0.167 e. The van der Waals surface area contributed by atoms with E-state index in [4.69, 9.17) is 4.74 Å². The highest BCUT2D eigenvalue weighted by Gasteiger charge is 2.30. The van der Waals surface area contributed by atoms with Crippen LogP contribution in [0.3, 0.4) is 0 Å². The van der Waals surface area contributed by atoms with E-state index in [0.717, 1.165) is 17.7 Å². The van der Waals surface area contributed by atoms with Gasteiger partial charge in [-0.1, -0.05) is 13.0 Å². The van der Waals surface area contributed by atoms with Crippen molar-refractivity contribution in [2.75, 3.05) is 6.61 Å². The summed E-state index contributed by atoms with van der Waals surface area (Å²) in [7, 11) is 0. The van der Waals surface area contributed by atoms with Crippen LogP contribution in [0.25, 0.3) is 0 Å². The first-order valence-electron chi connectivity index (χ1n) is 5.73. The van der Waals surface area contributed by atoms with Crippen LogP contribution in [0.2, 0.25) is 0 Å². The van der Waals surface area contributed by atoms with Gasteiger partial charge in [0.2, 0.25) is 0 Å². The van der Waals surface area contributed by atoms with Crippen molar-refractivity contribution in [2.45, 2.75) is 32.8 Å². The number of ether oxygens (including phenoxy) is 1. The Balaban J connectivity index is 2.05. The third-order valence-corrected chi connectivity index (χ3v) is 3.16. The smallest absolute Gasteiger partial charge is 0.167 e. The third-order valence-electron chi connectivity index (χ3n) is 3.16. The van der Waals surface area contributed by atoms with Gasteiger partial charge in [0, 0.05) is 12.8 Å². The number of nitrogens with zero attached hydrogens (tertiary/aromatic N) is 1. The number of carbonyl (C=O) groups excluding carboxylic acids is 1. The van der Waals surface area contributed by atoms with Crippen LogP contribution in [0, 0.1) is 12.8 Å². The number of aryl methyl sites for hydroxylation is 1.